The number of aromatic nitrogens is 4. The first-order valence-electron chi connectivity index (χ1n) is 12.1. The maximum atomic E-state index is 13.4. The molecule has 16 heteroatoms. The van der Waals surface area contributed by atoms with Crippen LogP contribution in [0.5, 0.6) is 0 Å². The molecular weight excluding hydrogens is 553 g/mol. The first-order chi connectivity index (χ1) is 18.8. The van der Waals surface area contributed by atoms with E-state index in [-0.39, 0.29) is 36.8 Å². The van der Waals surface area contributed by atoms with E-state index in [9.17, 15) is 40.3 Å². The summed E-state index contributed by atoms with van der Waals surface area (Å²) >= 11 is 0. The van der Waals surface area contributed by atoms with Gasteiger partial charge in [0.2, 0.25) is 5.89 Å². The van der Waals surface area contributed by atoms with Crippen molar-refractivity contribution < 1.29 is 44.7 Å². The fourth-order valence-electron chi connectivity index (χ4n) is 4.99. The number of nitrogens with zero attached hydrogens (tertiary/aromatic N) is 5. The third kappa shape index (κ3) is 4.90. The summed E-state index contributed by atoms with van der Waals surface area (Å²) in [6.07, 6.45) is -6.21. The summed E-state index contributed by atoms with van der Waals surface area (Å²) in [5.74, 6) is -9.11. The zero-order valence-electron chi connectivity index (χ0n) is 20.7. The van der Waals surface area contributed by atoms with Gasteiger partial charge in [-0.25, -0.2) is 0 Å². The molecule has 2 aliphatic rings. The number of benzene rings is 1. The Hall–Kier alpha value is -3.98. The summed E-state index contributed by atoms with van der Waals surface area (Å²) in [7, 11) is 1.65. The zero-order valence-corrected chi connectivity index (χ0v) is 20.7. The standard InChI is InChI=1S/C24H21F7N6O3/c1-36-10-16(11-4-6-14(7-5-11)32-22(39)23(27,28)24(29,30)31)18(35-36)37-9-13-3-2-12(8-15(13)21(37)38)19-33-34-20(40-19)17(25)26/h2-3,8,10-11,14,17H,4-7,9H2,1H3,(H,32,39). The number of nitrogens with one attached hydrogen (secondary N) is 1. The van der Waals surface area contributed by atoms with Crippen molar-refractivity contribution in [2.75, 3.05) is 4.90 Å². The topological polar surface area (TPSA) is 106 Å². The van der Waals surface area contributed by atoms with Crippen LogP contribution in [0.15, 0.2) is 28.8 Å². The van der Waals surface area contributed by atoms with E-state index >= 15 is 0 Å². The summed E-state index contributed by atoms with van der Waals surface area (Å²) in [6, 6.07) is 3.81. The molecule has 0 unspecified atom stereocenters. The molecular formula is C24H21F7N6O3. The van der Waals surface area contributed by atoms with Gasteiger partial charge in [0.05, 0.1) is 6.54 Å². The Morgan fingerprint density at radius 1 is 1.10 bits per heavy atom. The van der Waals surface area contributed by atoms with E-state index in [1.807, 2.05) is 0 Å². The van der Waals surface area contributed by atoms with Crippen molar-refractivity contribution in [1.29, 1.82) is 0 Å². The van der Waals surface area contributed by atoms with E-state index in [1.165, 1.54) is 15.6 Å². The van der Waals surface area contributed by atoms with Crippen molar-refractivity contribution in [3.63, 3.8) is 0 Å². The Kier molecular flexibility index (Phi) is 6.82. The molecule has 1 saturated carbocycles. The van der Waals surface area contributed by atoms with Gasteiger partial charge >= 0.3 is 24.4 Å². The molecule has 1 aliphatic heterocycles. The molecule has 40 heavy (non-hydrogen) atoms. The van der Waals surface area contributed by atoms with Gasteiger partial charge in [0, 0.05) is 36.0 Å². The molecule has 0 saturated heterocycles. The number of halogens is 7. The van der Waals surface area contributed by atoms with Crippen molar-refractivity contribution in [2.24, 2.45) is 7.05 Å². The lowest BCUT2D eigenvalue weighted by Crippen LogP contribution is -2.53. The van der Waals surface area contributed by atoms with E-state index in [1.54, 1.807) is 30.7 Å². The minimum absolute atomic E-state index is 0.154. The van der Waals surface area contributed by atoms with Gasteiger partial charge in [0.1, 0.15) is 0 Å². The number of hydrogen-bond donors (Lipinski definition) is 1. The van der Waals surface area contributed by atoms with Crippen LogP contribution >= 0.6 is 0 Å². The number of rotatable bonds is 6. The second-order valence-corrected chi connectivity index (χ2v) is 9.69. The number of anilines is 1. The molecule has 3 heterocycles. The quantitative estimate of drug-likeness (QED) is 0.420. The van der Waals surface area contributed by atoms with Gasteiger partial charge in [-0.15, -0.1) is 10.2 Å². The molecule has 0 spiro atoms. The summed E-state index contributed by atoms with van der Waals surface area (Å²) in [6.45, 7) is 0.169. The number of alkyl halides is 7. The minimum atomic E-state index is -5.99. The lowest BCUT2D eigenvalue weighted by molar-refractivity contribution is -0.270. The molecule has 0 bridgehead atoms. The van der Waals surface area contributed by atoms with E-state index < -0.39 is 42.3 Å². The molecule has 3 aromatic rings. The Morgan fingerprint density at radius 3 is 2.42 bits per heavy atom. The molecule has 1 N–H and O–H groups in total. The summed E-state index contributed by atoms with van der Waals surface area (Å²) in [4.78, 5) is 26.4. The third-order valence-electron chi connectivity index (χ3n) is 7.02. The molecule has 214 valence electrons. The SMILES string of the molecule is Cn1cc(C2CCC(NC(=O)C(F)(F)C(F)(F)F)CC2)c(N2Cc3ccc(-c4nnc(C(F)F)o4)cc3C2=O)n1. The summed E-state index contributed by atoms with van der Waals surface area (Å²) in [5, 5.41) is 13.1. The molecule has 1 fully saturated rings. The van der Waals surface area contributed by atoms with Gasteiger partial charge < -0.3 is 9.73 Å². The van der Waals surface area contributed by atoms with Crippen LogP contribution in [0.2, 0.25) is 0 Å². The molecule has 1 aromatic carbocycles. The van der Waals surface area contributed by atoms with Crippen molar-refractivity contribution in [2.45, 2.75) is 62.7 Å². The summed E-state index contributed by atoms with van der Waals surface area (Å²) < 4.78 is 96.3. The normalized spacial score (nSPS) is 19.8. The Morgan fingerprint density at radius 2 is 1.80 bits per heavy atom. The number of aryl methyl sites for hydroxylation is 1. The van der Waals surface area contributed by atoms with Gasteiger partial charge in [-0.1, -0.05) is 6.07 Å². The van der Waals surface area contributed by atoms with Crippen LogP contribution < -0.4 is 10.2 Å². The van der Waals surface area contributed by atoms with Crippen molar-refractivity contribution in [3.8, 4) is 11.5 Å². The van der Waals surface area contributed by atoms with Crippen molar-refractivity contribution in [3.05, 3.63) is 47.0 Å². The van der Waals surface area contributed by atoms with Crippen LogP contribution in [-0.4, -0.2) is 49.9 Å². The first-order valence-corrected chi connectivity index (χ1v) is 12.1. The van der Waals surface area contributed by atoms with Crippen LogP contribution in [0.4, 0.5) is 36.6 Å². The average Bonchev–Trinajstić information content (AvgIpc) is 3.61. The third-order valence-corrected chi connectivity index (χ3v) is 7.02. The van der Waals surface area contributed by atoms with Crippen molar-refractivity contribution in [1.82, 2.24) is 25.3 Å². The molecule has 9 nitrogen and oxygen atoms in total. The lowest BCUT2D eigenvalue weighted by atomic mass is 9.82. The first kappa shape index (κ1) is 27.6. The Balaban J connectivity index is 1.30. The monoisotopic (exact) mass is 574 g/mol. The number of hydrogen-bond acceptors (Lipinski definition) is 6. The maximum absolute atomic E-state index is 13.4. The van der Waals surface area contributed by atoms with Gasteiger partial charge in [-0.2, -0.15) is 35.8 Å². The molecule has 2 amide bonds. The molecule has 0 radical (unpaired) electrons. The van der Waals surface area contributed by atoms with Gasteiger partial charge in [-0.05, 0) is 49.3 Å². The number of carbonyl (C=O) groups is 2. The highest BCUT2D eigenvalue weighted by Gasteiger charge is 2.63. The van der Waals surface area contributed by atoms with Crippen LogP contribution in [0.3, 0.4) is 0 Å². The highest BCUT2D eigenvalue weighted by atomic mass is 19.4. The fraction of sp³-hybridized carbons (Fsp3) is 0.458. The van der Waals surface area contributed by atoms with Crippen LogP contribution in [0.25, 0.3) is 11.5 Å². The molecule has 2 aromatic heterocycles. The maximum Gasteiger partial charge on any atom is 0.463 e. The second-order valence-electron chi connectivity index (χ2n) is 9.69. The van der Waals surface area contributed by atoms with E-state index in [0.717, 1.165) is 0 Å². The largest absolute Gasteiger partial charge is 0.463 e. The van der Waals surface area contributed by atoms with Gasteiger partial charge in [0.25, 0.3) is 11.8 Å². The average molecular weight is 574 g/mol. The van der Waals surface area contributed by atoms with Gasteiger partial charge in [0.15, 0.2) is 5.82 Å². The molecule has 1 aliphatic carbocycles. The predicted octanol–water partition coefficient (Wildman–Crippen LogP) is 4.91. The number of amides is 2. The minimum Gasteiger partial charge on any atom is -0.415 e. The predicted molar refractivity (Wildman–Crippen MR) is 123 cm³/mol. The highest BCUT2D eigenvalue weighted by Crippen LogP contribution is 2.41. The smallest absolute Gasteiger partial charge is 0.415 e. The van der Waals surface area contributed by atoms with Crippen LogP contribution in [0, 0.1) is 0 Å². The van der Waals surface area contributed by atoms with Crippen LogP contribution in [-0.2, 0) is 18.4 Å². The van der Waals surface area contributed by atoms with E-state index in [4.69, 9.17) is 4.42 Å². The van der Waals surface area contributed by atoms with E-state index in [2.05, 4.69) is 15.3 Å². The molecule has 0 atom stereocenters. The summed E-state index contributed by atoms with van der Waals surface area (Å²) in [5.41, 5.74) is 1.91. The lowest BCUT2D eigenvalue weighted by Gasteiger charge is -2.31. The van der Waals surface area contributed by atoms with Crippen LogP contribution in [0.1, 0.15) is 65.4 Å². The Bertz CT molecular complexity index is 1440. The highest BCUT2D eigenvalue weighted by molar-refractivity contribution is 6.10. The van der Waals surface area contributed by atoms with E-state index in [0.29, 0.717) is 35.3 Å². The number of fused-ring (bicyclic) bond motifs is 1. The second kappa shape index (κ2) is 9.89. The zero-order chi connectivity index (χ0) is 29.0. The molecule has 5 rings (SSSR count). The van der Waals surface area contributed by atoms with Crippen molar-refractivity contribution >= 4 is 17.6 Å². The fourth-order valence-corrected chi connectivity index (χ4v) is 4.99. The number of carbonyl (C=O) groups excluding carboxylic acids is 2. The van der Waals surface area contributed by atoms with Gasteiger partial charge in [-0.3, -0.25) is 19.2 Å². The Labute approximate surface area is 221 Å².